The molecule has 2 unspecified atom stereocenters. The highest BCUT2D eigenvalue weighted by atomic mass is 79.9. The molecule has 0 bridgehead atoms. The molecule has 0 spiro atoms. The fourth-order valence-corrected chi connectivity index (χ4v) is 3.08. The first kappa shape index (κ1) is 12.7. The second-order valence-corrected chi connectivity index (χ2v) is 5.49. The summed E-state index contributed by atoms with van der Waals surface area (Å²) in [5, 5.41) is 0. The Labute approximate surface area is 111 Å². The summed E-state index contributed by atoms with van der Waals surface area (Å²) in [5.74, 6) is 0. The molecule has 17 heavy (non-hydrogen) atoms. The van der Waals surface area contributed by atoms with Crippen molar-refractivity contribution < 1.29 is 4.74 Å². The predicted octanol–water partition coefficient (Wildman–Crippen LogP) is 3.04. The number of nitrogens with two attached hydrogens (primary N) is 1. The molecule has 1 fully saturated rings. The van der Waals surface area contributed by atoms with Crippen molar-refractivity contribution in [1.82, 2.24) is 0 Å². The van der Waals surface area contributed by atoms with E-state index in [1.165, 1.54) is 5.69 Å². The lowest BCUT2D eigenvalue weighted by Gasteiger charge is -2.39. The van der Waals surface area contributed by atoms with E-state index in [1.54, 1.807) is 7.11 Å². The average Bonchev–Trinajstić information content (AvgIpc) is 2.30. The van der Waals surface area contributed by atoms with Gasteiger partial charge in [0.1, 0.15) is 0 Å². The zero-order chi connectivity index (χ0) is 12.4. The number of piperidine rings is 1. The largest absolute Gasteiger partial charge is 0.399 e. The first-order valence-corrected chi connectivity index (χ1v) is 6.75. The van der Waals surface area contributed by atoms with Crippen LogP contribution in [0.1, 0.15) is 19.8 Å². The van der Waals surface area contributed by atoms with Crippen molar-refractivity contribution in [3.63, 3.8) is 0 Å². The number of nitrogen functional groups attached to an aromatic ring is 1. The number of nitrogens with zero attached hydrogens (tertiary/aromatic N) is 1. The van der Waals surface area contributed by atoms with Crippen molar-refractivity contribution in [1.29, 1.82) is 0 Å². The lowest BCUT2D eigenvalue weighted by atomic mass is 10.00. The SMILES string of the molecule is COC1CCN(c2ccc(N)cc2Br)C(C)C1. The Morgan fingerprint density at radius 3 is 2.82 bits per heavy atom. The Balaban J connectivity index is 2.17. The summed E-state index contributed by atoms with van der Waals surface area (Å²) in [4.78, 5) is 2.42. The zero-order valence-electron chi connectivity index (χ0n) is 10.3. The monoisotopic (exact) mass is 298 g/mol. The minimum atomic E-state index is 0.397. The molecular weight excluding hydrogens is 280 g/mol. The standard InChI is InChI=1S/C13H19BrN2O/c1-9-7-11(17-2)5-6-16(9)13-4-3-10(15)8-12(13)14/h3-4,8-9,11H,5-7,15H2,1-2H3. The molecule has 3 nitrogen and oxygen atoms in total. The summed E-state index contributed by atoms with van der Waals surface area (Å²) in [5.41, 5.74) is 7.78. The fraction of sp³-hybridized carbons (Fsp3) is 0.538. The number of anilines is 2. The molecule has 94 valence electrons. The van der Waals surface area contributed by atoms with Crippen molar-refractivity contribution in [2.75, 3.05) is 24.3 Å². The van der Waals surface area contributed by atoms with Gasteiger partial charge in [-0.25, -0.2) is 0 Å². The third kappa shape index (κ3) is 2.75. The van der Waals surface area contributed by atoms with Crippen LogP contribution < -0.4 is 10.6 Å². The Bertz CT molecular complexity index is 397. The highest BCUT2D eigenvalue weighted by Crippen LogP contribution is 2.33. The molecule has 2 atom stereocenters. The molecule has 0 amide bonds. The van der Waals surface area contributed by atoms with Crippen LogP contribution in [0.25, 0.3) is 0 Å². The van der Waals surface area contributed by atoms with Crippen LogP contribution in [-0.2, 0) is 4.74 Å². The van der Waals surface area contributed by atoms with E-state index in [2.05, 4.69) is 33.8 Å². The summed E-state index contributed by atoms with van der Waals surface area (Å²) in [6, 6.07) is 6.50. The van der Waals surface area contributed by atoms with E-state index in [-0.39, 0.29) is 0 Å². The third-order valence-corrected chi connectivity index (χ3v) is 4.08. The van der Waals surface area contributed by atoms with Gasteiger partial charge in [0.05, 0.1) is 11.8 Å². The van der Waals surface area contributed by atoms with Crippen LogP contribution in [0.3, 0.4) is 0 Å². The molecule has 1 saturated heterocycles. The van der Waals surface area contributed by atoms with Crippen LogP contribution in [0.15, 0.2) is 22.7 Å². The number of methoxy groups -OCH3 is 1. The van der Waals surface area contributed by atoms with Gasteiger partial charge in [0, 0.05) is 29.9 Å². The number of hydrogen-bond donors (Lipinski definition) is 1. The molecular formula is C13H19BrN2O. The molecule has 1 aliphatic rings. The lowest BCUT2D eigenvalue weighted by Crippen LogP contribution is -2.43. The van der Waals surface area contributed by atoms with E-state index in [4.69, 9.17) is 10.5 Å². The first-order valence-electron chi connectivity index (χ1n) is 5.96. The van der Waals surface area contributed by atoms with E-state index in [1.807, 2.05) is 12.1 Å². The molecule has 0 aromatic heterocycles. The minimum absolute atomic E-state index is 0.397. The maximum atomic E-state index is 5.77. The predicted molar refractivity (Wildman–Crippen MR) is 75.4 cm³/mol. The summed E-state index contributed by atoms with van der Waals surface area (Å²) in [7, 11) is 1.80. The van der Waals surface area contributed by atoms with E-state index in [9.17, 15) is 0 Å². The summed E-state index contributed by atoms with van der Waals surface area (Å²) >= 11 is 3.59. The number of benzene rings is 1. The van der Waals surface area contributed by atoms with Crippen LogP contribution in [-0.4, -0.2) is 25.8 Å². The van der Waals surface area contributed by atoms with Crippen LogP contribution in [0.4, 0.5) is 11.4 Å². The van der Waals surface area contributed by atoms with Gasteiger partial charge in [0.15, 0.2) is 0 Å². The molecule has 0 aliphatic carbocycles. The number of hydrogen-bond acceptors (Lipinski definition) is 3. The summed E-state index contributed by atoms with van der Waals surface area (Å²) in [6.07, 6.45) is 2.55. The number of halogens is 1. The number of rotatable bonds is 2. The summed E-state index contributed by atoms with van der Waals surface area (Å²) in [6.45, 7) is 3.27. The van der Waals surface area contributed by atoms with Crippen LogP contribution >= 0.6 is 15.9 Å². The summed E-state index contributed by atoms with van der Waals surface area (Å²) < 4.78 is 6.51. The molecule has 1 heterocycles. The Hall–Kier alpha value is -0.740. The van der Waals surface area contributed by atoms with Gasteiger partial charge in [0.25, 0.3) is 0 Å². The van der Waals surface area contributed by atoms with Gasteiger partial charge in [-0.3, -0.25) is 0 Å². The van der Waals surface area contributed by atoms with Crippen LogP contribution in [0, 0.1) is 0 Å². The molecule has 2 N–H and O–H groups in total. The van der Waals surface area contributed by atoms with Gasteiger partial charge in [-0.2, -0.15) is 0 Å². The highest BCUT2D eigenvalue weighted by molar-refractivity contribution is 9.10. The van der Waals surface area contributed by atoms with Crippen molar-refractivity contribution in [3.8, 4) is 0 Å². The van der Waals surface area contributed by atoms with Gasteiger partial charge in [-0.1, -0.05) is 0 Å². The van der Waals surface area contributed by atoms with Gasteiger partial charge < -0.3 is 15.4 Å². The van der Waals surface area contributed by atoms with Crippen molar-refractivity contribution in [2.45, 2.75) is 31.9 Å². The molecule has 0 saturated carbocycles. The van der Waals surface area contributed by atoms with E-state index in [0.29, 0.717) is 12.1 Å². The smallest absolute Gasteiger partial charge is 0.0607 e. The Kier molecular flexibility index (Phi) is 3.94. The molecule has 4 heteroatoms. The molecule has 0 radical (unpaired) electrons. The number of ether oxygens (including phenoxy) is 1. The van der Waals surface area contributed by atoms with Gasteiger partial charge >= 0.3 is 0 Å². The van der Waals surface area contributed by atoms with Crippen LogP contribution in [0.5, 0.6) is 0 Å². The van der Waals surface area contributed by atoms with Gasteiger partial charge in [0.2, 0.25) is 0 Å². The zero-order valence-corrected chi connectivity index (χ0v) is 11.9. The van der Waals surface area contributed by atoms with E-state index in [0.717, 1.165) is 29.5 Å². The second-order valence-electron chi connectivity index (χ2n) is 4.64. The average molecular weight is 299 g/mol. The maximum Gasteiger partial charge on any atom is 0.0607 e. The quantitative estimate of drug-likeness (QED) is 0.853. The topological polar surface area (TPSA) is 38.5 Å². The molecule has 1 aromatic rings. The molecule has 1 aromatic carbocycles. The lowest BCUT2D eigenvalue weighted by molar-refractivity contribution is 0.0721. The normalized spacial score (nSPS) is 25.0. The molecule has 1 aliphatic heterocycles. The third-order valence-electron chi connectivity index (χ3n) is 3.44. The van der Waals surface area contributed by atoms with E-state index >= 15 is 0 Å². The Morgan fingerprint density at radius 2 is 2.24 bits per heavy atom. The van der Waals surface area contributed by atoms with Gasteiger partial charge in [-0.05, 0) is 53.9 Å². The van der Waals surface area contributed by atoms with Crippen LogP contribution in [0.2, 0.25) is 0 Å². The fourth-order valence-electron chi connectivity index (χ4n) is 2.46. The molecule has 2 rings (SSSR count). The van der Waals surface area contributed by atoms with E-state index < -0.39 is 0 Å². The van der Waals surface area contributed by atoms with Crippen molar-refractivity contribution in [3.05, 3.63) is 22.7 Å². The minimum Gasteiger partial charge on any atom is -0.399 e. The highest BCUT2D eigenvalue weighted by Gasteiger charge is 2.26. The van der Waals surface area contributed by atoms with Gasteiger partial charge in [-0.15, -0.1) is 0 Å². The first-order chi connectivity index (χ1) is 8.11. The van der Waals surface area contributed by atoms with Crippen molar-refractivity contribution >= 4 is 27.3 Å². The Morgan fingerprint density at radius 1 is 1.47 bits per heavy atom. The second kappa shape index (κ2) is 5.27. The maximum absolute atomic E-state index is 5.77. The van der Waals surface area contributed by atoms with Crippen molar-refractivity contribution in [2.24, 2.45) is 0 Å².